The highest BCUT2D eigenvalue weighted by Gasteiger charge is 2.09. The molecule has 9 heteroatoms. The number of nitrogens with zero attached hydrogens (tertiary/aromatic N) is 3. The summed E-state index contributed by atoms with van der Waals surface area (Å²) >= 11 is 0. The Morgan fingerprint density at radius 1 is 1.12 bits per heavy atom. The smallest absolute Gasteiger partial charge is 0.255 e. The number of ether oxygens (including phenoxy) is 1. The van der Waals surface area contributed by atoms with Crippen molar-refractivity contribution in [1.29, 1.82) is 0 Å². The molecule has 1 heterocycles. The van der Waals surface area contributed by atoms with Crippen molar-refractivity contribution >= 4 is 35.8 Å². The maximum absolute atomic E-state index is 10.8. The zero-order valence-corrected chi connectivity index (χ0v) is 22.2. The van der Waals surface area contributed by atoms with E-state index < -0.39 is 5.91 Å². The lowest BCUT2D eigenvalue weighted by atomic mass is 10.1. The predicted octanol–water partition coefficient (Wildman–Crippen LogP) is 3.27. The van der Waals surface area contributed by atoms with Crippen molar-refractivity contribution in [2.24, 2.45) is 10.7 Å². The molecule has 3 aromatic rings. The number of aromatic nitrogens is 2. The minimum atomic E-state index is -0.490. The molecular formula is C25H33IN6O2. The highest BCUT2D eigenvalue weighted by Crippen LogP contribution is 2.18. The van der Waals surface area contributed by atoms with Crippen LogP contribution in [0.2, 0.25) is 0 Å². The molecule has 0 saturated heterocycles. The lowest BCUT2D eigenvalue weighted by Crippen LogP contribution is -2.38. The second-order valence-electron chi connectivity index (χ2n) is 7.74. The number of halogens is 1. The molecular weight excluding hydrogens is 543 g/mol. The molecule has 0 aliphatic rings. The van der Waals surface area contributed by atoms with Crippen LogP contribution in [-0.4, -0.2) is 41.3 Å². The SMILES string of the molecule is CCNC(=NCc1ccccc1-n1nc(C)cc1C)NCCc1ccc(OCC(N)=O)cc1.I. The van der Waals surface area contributed by atoms with Crippen LogP contribution in [-0.2, 0) is 17.8 Å². The van der Waals surface area contributed by atoms with Gasteiger partial charge in [0.15, 0.2) is 12.6 Å². The second kappa shape index (κ2) is 13.6. The Balaban J connectivity index is 0.00000408. The van der Waals surface area contributed by atoms with Gasteiger partial charge in [-0.25, -0.2) is 9.67 Å². The summed E-state index contributed by atoms with van der Waals surface area (Å²) in [6.07, 6.45) is 0.822. The van der Waals surface area contributed by atoms with Crippen molar-refractivity contribution in [3.63, 3.8) is 0 Å². The van der Waals surface area contributed by atoms with Crippen molar-refractivity contribution in [2.75, 3.05) is 19.7 Å². The number of hydrogen-bond donors (Lipinski definition) is 3. The number of rotatable bonds is 10. The normalized spacial score (nSPS) is 11.0. The summed E-state index contributed by atoms with van der Waals surface area (Å²) in [4.78, 5) is 15.6. The molecule has 1 amide bonds. The van der Waals surface area contributed by atoms with Gasteiger partial charge in [-0.15, -0.1) is 24.0 Å². The summed E-state index contributed by atoms with van der Waals surface area (Å²) in [6.45, 7) is 8.03. The maximum Gasteiger partial charge on any atom is 0.255 e. The van der Waals surface area contributed by atoms with Crippen molar-refractivity contribution in [3.8, 4) is 11.4 Å². The van der Waals surface area contributed by atoms with Crippen LogP contribution < -0.4 is 21.1 Å². The minimum Gasteiger partial charge on any atom is -0.484 e. The van der Waals surface area contributed by atoms with Gasteiger partial charge in [0, 0.05) is 18.8 Å². The zero-order valence-electron chi connectivity index (χ0n) is 19.9. The molecule has 182 valence electrons. The zero-order chi connectivity index (χ0) is 23.6. The molecule has 0 radical (unpaired) electrons. The number of aryl methyl sites for hydroxylation is 2. The summed E-state index contributed by atoms with van der Waals surface area (Å²) in [6, 6.07) is 17.9. The van der Waals surface area contributed by atoms with Crippen LogP contribution in [0.1, 0.15) is 29.4 Å². The van der Waals surface area contributed by atoms with E-state index in [4.69, 9.17) is 15.5 Å². The van der Waals surface area contributed by atoms with E-state index in [0.717, 1.165) is 53.7 Å². The third-order valence-electron chi connectivity index (χ3n) is 4.99. The van der Waals surface area contributed by atoms with Gasteiger partial charge in [-0.05, 0) is 62.6 Å². The van der Waals surface area contributed by atoms with E-state index in [1.54, 1.807) is 0 Å². The third-order valence-corrected chi connectivity index (χ3v) is 4.99. The number of aliphatic imine (C=N–C) groups is 1. The molecule has 0 saturated carbocycles. The molecule has 3 rings (SSSR count). The summed E-state index contributed by atoms with van der Waals surface area (Å²) in [5.74, 6) is 0.903. The van der Waals surface area contributed by atoms with Crippen molar-refractivity contribution in [2.45, 2.75) is 33.7 Å². The lowest BCUT2D eigenvalue weighted by Gasteiger charge is -2.13. The first kappa shape index (κ1) is 27.2. The predicted molar refractivity (Wildman–Crippen MR) is 146 cm³/mol. The number of hydrogen-bond acceptors (Lipinski definition) is 4. The van der Waals surface area contributed by atoms with E-state index in [1.807, 2.05) is 54.9 Å². The van der Waals surface area contributed by atoms with Gasteiger partial charge in [-0.1, -0.05) is 30.3 Å². The first-order chi connectivity index (χ1) is 16.0. The molecule has 8 nitrogen and oxygen atoms in total. The van der Waals surface area contributed by atoms with Crippen LogP contribution >= 0.6 is 24.0 Å². The van der Waals surface area contributed by atoms with E-state index in [-0.39, 0.29) is 30.6 Å². The quantitative estimate of drug-likeness (QED) is 0.195. The highest BCUT2D eigenvalue weighted by atomic mass is 127. The first-order valence-electron chi connectivity index (χ1n) is 11.1. The fraction of sp³-hybridized carbons (Fsp3) is 0.320. The Bertz CT molecular complexity index is 1100. The molecule has 0 aliphatic heterocycles. The number of amides is 1. The highest BCUT2D eigenvalue weighted by molar-refractivity contribution is 14.0. The van der Waals surface area contributed by atoms with Gasteiger partial charge in [-0.2, -0.15) is 5.10 Å². The Kier molecular flexibility index (Phi) is 10.9. The summed E-state index contributed by atoms with van der Waals surface area (Å²) < 4.78 is 7.27. The molecule has 34 heavy (non-hydrogen) atoms. The number of nitrogens with two attached hydrogens (primary N) is 1. The van der Waals surface area contributed by atoms with Crippen LogP contribution in [0.4, 0.5) is 0 Å². The van der Waals surface area contributed by atoms with E-state index in [9.17, 15) is 4.79 Å². The average Bonchev–Trinajstić information content (AvgIpc) is 3.14. The van der Waals surface area contributed by atoms with Gasteiger partial charge in [0.05, 0.1) is 17.9 Å². The number of para-hydroxylation sites is 1. The third kappa shape index (κ3) is 8.05. The van der Waals surface area contributed by atoms with E-state index in [1.165, 1.54) is 0 Å². The Hall–Kier alpha value is -3.08. The number of carbonyl (C=O) groups is 1. The van der Waals surface area contributed by atoms with Crippen LogP contribution in [0.25, 0.3) is 5.69 Å². The van der Waals surface area contributed by atoms with Gasteiger partial charge in [-0.3, -0.25) is 4.79 Å². The standard InChI is InChI=1S/C25H32N6O2.HI/c1-4-27-25(28-14-13-20-9-11-22(12-10-20)33-17-24(26)32)29-16-21-7-5-6-8-23(21)31-19(3)15-18(2)30-31;/h5-12,15H,4,13-14,16-17H2,1-3H3,(H2,26,32)(H2,27,28,29);1H. The van der Waals surface area contributed by atoms with E-state index in [0.29, 0.717) is 12.3 Å². The minimum absolute atomic E-state index is 0. The van der Waals surface area contributed by atoms with Gasteiger partial charge in [0.1, 0.15) is 5.75 Å². The number of carbonyl (C=O) groups excluding carboxylic acids is 1. The van der Waals surface area contributed by atoms with Crippen LogP contribution in [0, 0.1) is 13.8 Å². The van der Waals surface area contributed by atoms with Crippen molar-refractivity contribution < 1.29 is 9.53 Å². The molecule has 0 fully saturated rings. The van der Waals surface area contributed by atoms with Crippen LogP contribution in [0.15, 0.2) is 59.6 Å². The Morgan fingerprint density at radius 2 is 1.85 bits per heavy atom. The molecule has 4 N–H and O–H groups in total. The van der Waals surface area contributed by atoms with Gasteiger partial charge < -0.3 is 21.1 Å². The molecule has 1 aromatic heterocycles. The Morgan fingerprint density at radius 3 is 2.50 bits per heavy atom. The van der Waals surface area contributed by atoms with Crippen molar-refractivity contribution in [1.82, 2.24) is 20.4 Å². The number of nitrogens with one attached hydrogen (secondary N) is 2. The summed E-state index contributed by atoms with van der Waals surface area (Å²) in [7, 11) is 0. The summed E-state index contributed by atoms with van der Waals surface area (Å²) in [5, 5.41) is 11.3. The van der Waals surface area contributed by atoms with Gasteiger partial charge in [0.2, 0.25) is 0 Å². The van der Waals surface area contributed by atoms with Crippen molar-refractivity contribution in [3.05, 3.63) is 77.1 Å². The fourth-order valence-electron chi connectivity index (χ4n) is 3.46. The number of benzene rings is 2. The first-order valence-corrected chi connectivity index (χ1v) is 11.1. The lowest BCUT2D eigenvalue weighted by molar-refractivity contribution is -0.119. The largest absolute Gasteiger partial charge is 0.484 e. The van der Waals surface area contributed by atoms with Crippen LogP contribution in [0.3, 0.4) is 0 Å². The molecule has 0 spiro atoms. The number of primary amides is 1. The topological polar surface area (TPSA) is 107 Å². The molecule has 0 unspecified atom stereocenters. The van der Waals surface area contributed by atoms with E-state index in [2.05, 4.69) is 40.9 Å². The molecule has 0 bridgehead atoms. The fourth-order valence-corrected chi connectivity index (χ4v) is 3.46. The van der Waals surface area contributed by atoms with Gasteiger partial charge in [0.25, 0.3) is 5.91 Å². The molecule has 2 aromatic carbocycles. The number of guanidine groups is 1. The monoisotopic (exact) mass is 576 g/mol. The Labute approximate surface area is 218 Å². The molecule has 0 atom stereocenters. The maximum atomic E-state index is 10.8. The summed E-state index contributed by atoms with van der Waals surface area (Å²) in [5.41, 5.74) is 10.5. The average molecular weight is 576 g/mol. The van der Waals surface area contributed by atoms with Crippen LogP contribution in [0.5, 0.6) is 5.75 Å². The second-order valence-corrected chi connectivity index (χ2v) is 7.74. The van der Waals surface area contributed by atoms with Gasteiger partial charge >= 0.3 is 0 Å². The van der Waals surface area contributed by atoms with E-state index >= 15 is 0 Å². The molecule has 0 aliphatic carbocycles.